The van der Waals surface area contributed by atoms with E-state index in [0.717, 1.165) is 50.5 Å². The minimum atomic E-state index is 0.526. The molecule has 1 aromatic heterocycles. The number of hydrogen-bond donors (Lipinski definition) is 0. The van der Waals surface area contributed by atoms with Gasteiger partial charge in [0, 0.05) is 25.5 Å². The van der Waals surface area contributed by atoms with Gasteiger partial charge in [-0.25, -0.2) is 9.97 Å². The number of rotatable bonds is 4. The lowest BCUT2D eigenvalue weighted by Gasteiger charge is -2.32. The van der Waals surface area contributed by atoms with Crippen molar-refractivity contribution < 1.29 is 4.79 Å². The summed E-state index contributed by atoms with van der Waals surface area (Å²) in [5.41, 5.74) is 1.94. The molecule has 1 aliphatic rings. The minimum Gasteiger partial charge on any atom is -0.341 e. The van der Waals surface area contributed by atoms with Crippen molar-refractivity contribution in [3.63, 3.8) is 0 Å². The highest BCUT2D eigenvalue weighted by molar-refractivity contribution is 5.73. The molecular formula is C17H19N3O. The van der Waals surface area contributed by atoms with Crippen LogP contribution in [-0.2, 0) is 6.42 Å². The Bertz CT molecular complexity index is 575. The molecule has 4 heteroatoms. The predicted molar refractivity (Wildman–Crippen MR) is 82.5 cm³/mol. The summed E-state index contributed by atoms with van der Waals surface area (Å²) in [4.78, 5) is 21.4. The number of aromatic nitrogens is 2. The number of nitrogens with zero attached hydrogens (tertiary/aromatic N) is 3. The zero-order chi connectivity index (χ0) is 14.5. The Morgan fingerprint density at radius 3 is 2.38 bits per heavy atom. The average Bonchev–Trinajstić information content (AvgIpc) is 2.57. The minimum absolute atomic E-state index is 0.526. The molecule has 1 fully saturated rings. The molecule has 2 heterocycles. The van der Waals surface area contributed by atoms with E-state index >= 15 is 0 Å². The van der Waals surface area contributed by atoms with Crippen LogP contribution in [0.1, 0.15) is 28.8 Å². The van der Waals surface area contributed by atoms with E-state index in [1.54, 1.807) is 12.4 Å². The number of hydrogen-bond acceptors (Lipinski definition) is 4. The van der Waals surface area contributed by atoms with Crippen LogP contribution in [0, 0.1) is 5.92 Å². The lowest BCUT2D eigenvalue weighted by atomic mass is 9.90. The SMILES string of the molecule is O=Cc1cnc(N2CCC(Cc3ccccc3)CC2)nc1. The van der Waals surface area contributed by atoms with Crippen LogP contribution in [0.3, 0.4) is 0 Å². The molecule has 0 unspecified atom stereocenters. The highest BCUT2D eigenvalue weighted by Crippen LogP contribution is 2.23. The summed E-state index contributed by atoms with van der Waals surface area (Å²) in [6.45, 7) is 1.97. The summed E-state index contributed by atoms with van der Waals surface area (Å²) in [6.07, 6.45) is 7.42. The zero-order valence-electron chi connectivity index (χ0n) is 12.0. The first-order valence-corrected chi connectivity index (χ1v) is 7.41. The standard InChI is InChI=1S/C17H19N3O/c21-13-16-11-18-17(19-12-16)20-8-6-15(7-9-20)10-14-4-2-1-3-5-14/h1-5,11-13,15H,6-10H2. The molecule has 3 rings (SSSR count). The van der Waals surface area contributed by atoms with Gasteiger partial charge in [-0.05, 0) is 30.7 Å². The van der Waals surface area contributed by atoms with Gasteiger partial charge in [-0.1, -0.05) is 30.3 Å². The number of aldehydes is 1. The number of carbonyl (C=O) groups excluding carboxylic acids is 1. The fourth-order valence-corrected chi connectivity index (χ4v) is 2.84. The van der Waals surface area contributed by atoms with Crippen LogP contribution in [0.15, 0.2) is 42.7 Å². The van der Waals surface area contributed by atoms with Crippen molar-refractivity contribution in [3.05, 3.63) is 53.9 Å². The maximum atomic E-state index is 10.6. The third kappa shape index (κ3) is 3.45. The predicted octanol–water partition coefficient (Wildman–Crippen LogP) is 2.75. The molecule has 0 amide bonds. The Kier molecular flexibility index (Phi) is 4.24. The summed E-state index contributed by atoms with van der Waals surface area (Å²) in [6, 6.07) is 10.7. The third-order valence-corrected chi connectivity index (χ3v) is 4.06. The van der Waals surface area contributed by atoms with Crippen LogP contribution in [0.2, 0.25) is 0 Å². The van der Waals surface area contributed by atoms with Crippen molar-refractivity contribution in [2.24, 2.45) is 5.92 Å². The first kappa shape index (κ1) is 13.7. The quantitative estimate of drug-likeness (QED) is 0.808. The Balaban J connectivity index is 1.56. The summed E-state index contributed by atoms with van der Waals surface area (Å²) < 4.78 is 0. The highest BCUT2D eigenvalue weighted by Gasteiger charge is 2.21. The molecule has 1 aliphatic heterocycles. The van der Waals surface area contributed by atoms with Gasteiger partial charge in [-0.2, -0.15) is 0 Å². The van der Waals surface area contributed by atoms with E-state index in [0.29, 0.717) is 5.56 Å². The molecule has 21 heavy (non-hydrogen) atoms. The van der Waals surface area contributed by atoms with Crippen molar-refractivity contribution in [1.82, 2.24) is 9.97 Å². The van der Waals surface area contributed by atoms with E-state index in [2.05, 4.69) is 45.2 Å². The molecule has 0 saturated carbocycles. The van der Waals surface area contributed by atoms with Crippen molar-refractivity contribution in [2.45, 2.75) is 19.3 Å². The highest BCUT2D eigenvalue weighted by atomic mass is 16.1. The molecule has 4 nitrogen and oxygen atoms in total. The fraction of sp³-hybridized carbons (Fsp3) is 0.353. The summed E-state index contributed by atoms with van der Waals surface area (Å²) in [5.74, 6) is 1.47. The number of benzene rings is 1. The molecule has 1 aromatic carbocycles. The van der Waals surface area contributed by atoms with Gasteiger partial charge in [0.1, 0.15) is 0 Å². The van der Waals surface area contributed by atoms with Crippen LogP contribution in [0.4, 0.5) is 5.95 Å². The second-order valence-corrected chi connectivity index (χ2v) is 5.55. The van der Waals surface area contributed by atoms with E-state index in [4.69, 9.17) is 0 Å². The lowest BCUT2D eigenvalue weighted by Crippen LogP contribution is -2.35. The van der Waals surface area contributed by atoms with Gasteiger partial charge >= 0.3 is 0 Å². The van der Waals surface area contributed by atoms with Crippen LogP contribution in [0.25, 0.3) is 0 Å². The van der Waals surface area contributed by atoms with Crippen LogP contribution in [-0.4, -0.2) is 29.3 Å². The molecule has 0 aliphatic carbocycles. The monoisotopic (exact) mass is 281 g/mol. The summed E-state index contributed by atoms with van der Waals surface area (Å²) >= 11 is 0. The number of anilines is 1. The average molecular weight is 281 g/mol. The zero-order valence-corrected chi connectivity index (χ0v) is 12.0. The summed E-state index contributed by atoms with van der Waals surface area (Å²) in [7, 11) is 0. The Labute approximate surface area is 124 Å². The molecule has 108 valence electrons. The fourth-order valence-electron chi connectivity index (χ4n) is 2.84. The molecular weight excluding hydrogens is 262 g/mol. The Morgan fingerprint density at radius 2 is 1.76 bits per heavy atom. The van der Waals surface area contributed by atoms with Gasteiger partial charge in [0.2, 0.25) is 5.95 Å². The van der Waals surface area contributed by atoms with Crippen molar-refractivity contribution in [3.8, 4) is 0 Å². The van der Waals surface area contributed by atoms with E-state index in [1.807, 2.05) is 0 Å². The third-order valence-electron chi connectivity index (χ3n) is 4.06. The molecule has 2 aromatic rings. The number of carbonyl (C=O) groups is 1. The van der Waals surface area contributed by atoms with Gasteiger partial charge in [-0.15, -0.1) is 0 Å². The van der Waals surface area contributed by atoms with Gasteiger partial charge in [-0.3, -0.25) is 4.79 Å². The van der Waals surface area contributed by atoms with Gasteiger partial charge in [0.05, 0.1) is 5.56 Å². The Morgan fingerprint density at radius 1 is 1.10 bits per heavy atom. The van der Waals surface area contributed by atoms with Gasteiger partial charge in [0.25, 0.3) is 0 Å². The van der Waals surface area contributed by atoms with E-state index < -0.39 is 0 Å². The van der Waals surface area contributed by atoms with Crippen LogP contribution >= 0.6 is 0 Å². The normalized spacial score (nSPS) is 15.9. The van der Waals surface area contributed by atoms with Gasteiger partial charge in [0.15, 0.2) is 6.29 Å². The first-order valence-electron chi connectivity index (χ1n) is 7.41. The van der Waals surface area contributed by atoms with E-state index in [1.165, 1.54) is 5.56 Å². The van der Waals surface area contributed by atoms with Crippen molar-refractivity contribution in [1.29, 1.82) is 0 Å². The Hall–Kier alpha value is -2.23. The summed E-state index contributed by atoms with van der Waals surface area (Å²) in [5, 5.41) is 0. The maximum absolute atomic E-state index is 10.6. The second-order valence-electron chi connectivity index (χ2n) is 5.55. The van der Waals surface area contributed by atoms with Crippen molar-refractivity contribution in [2.75, 3.05) is 18.0 Å². The lowest BCUT2D eigenvalue weighted by molar-refractivity contribution is 0.112. The number of piperidine rings is 1. The molecule has 0 N–H and O–H groups in total. The largest absolute Gasteiger partial charge is 0.341 e. The van der Waals surface area contributed by atoms with E-state index in [-0.39, 0.29) is 0 Å². The van der Waals surface area contributed by atoms with Crippen LogP contribution < -0.4 is 4.90 Å². The second kappa shape index (κ2) is 6.48. The van der Waals surface area contributed by atoms with Crippen molar-refractivity contribution >= 4 is 12.2 Å². The molecule has 0 radical (unpaired) electrons. The smallest absolute Gasteiger partial charge is 0.225 e. The van der Waals surface area contributed by atoms with Crippen LogP contribution in [0.5, 0.6) is 0 Å². The van der Waals surface area contributed by atoms with E-state index in [9.17, 15) is 4.79 Å². The molecule has 0 bridgehead atoms. The molecule has 1 saturated heterocycles. The first-order chi connectivity index (χ1) is 10.3. The topological polar surface area (TPSA) is 46.1 Å². The molecule has 0 spiro atoms. The molecule has 0 atom stereocenters. The van der Waals surface area contributed by atoms with Gasteiger partial charge < -0.3 is 4.90 Å². The maximum Gasteiger partial charge on any atom is 0.225 e.